The van der Waals surface area contributed by atoms with Crippen molar-refractivity contribution < 1.29 is 13.2 Å². The molecule has 0 bridgehead atoms. The molecule has 1 aliphatic heterocycles. The van der Waals surface area contributed by atoms with Gasteiger partial charge in [-0.25, -0.2) is 8.42 Å². The van der Waals surface area contributed by atoms with Crippen LogP contribution in [-0.2, 0) is 10.0 Å². The second-order valence-corrected chi connectivity index (χ2v) is 10.6. The van der Waals surface area contributed by atoms with Crippen LogP contribution in [0.15, 0.2) is 32.9 Å². The van der Waals surface area contributed by atoms with Crippen LogP contribution in [0.3, 0.4) is 0 Å². The van der Waals surface area contributed by atoms with Crippen LogP contribution >= 0.6 is 50.5 Å². The molecule has 136 valence electrons. The van der Waals surface area contributed by atoms with Gasteiger partial charge in [-0.3, -0.25) is 4.72 Å². The second kappa shape index (κ2) is 7.62. The molecule has 10 heteroatoms. The minimum absolute atomic E-state index is 0.0605. The average molecular weight is 486 g/mol. The SMILES string of the molecule is CN1CC[C@@H](Oc2cc(NS(=O)(=O)c3cc(Cl)c(Cl)s3)ccc2Br)C1. The molecule has 0 spiro atoms. The van der Waals surface area contributed by atoms with Gasteiger partial charge in [0, 0.05) is 19.2 Å². The maximum absolute atomic E-state index is 12.5. The molecule has 0 aliphatic carbocycles. The van der Waals surface area contributed by atoms with E-state index in [0.717, 1.165) is 35.3 Å². The summed E-state index contributed by atoms with van der Waals surface area (Å²) < 4.78 is 34.5. The number of benzene rings is 1. The lowest BCUT2D eigenvalue weighted by atomic mass is 10.3. The van der Waals surface area contributed by atoms with E-state index in [2.05, 4.69) is 25.6 Å². The number of likely N-dealkylation sites (tertiary alicyclic amines) is 1. The molecular formula is C15H15BrCl2N2O3S2. The van der Waals surface area contributed by atoms with E-state index in [4.69, 9.17) is 27.9 Å². The van der Waals surface area contributed by atoms with E-state index < -0.39 is 10.0 Å². The van der Waals surface area contributed by atoms with Gasteiger partial charge in [0.25, 0.3) is 10.0 Å². The summed E-state index contributed by atoms with van der Waals surface area (Å²) >= 11 is 16.1. The van der Waals surface area contributed by atoms with Crippen LogP contribution in [-0.4, -0.2) is 39.6 Å². The summed E-state index contributed by atoms with van der Waals surface area (Å²) in [5.41, 5.74) is 0.408. The number of likely N-dealkylation sites (N-methyl/N-ethyl adjacent to an activating group) is 1. The largest absolute Gasteiger partial charge is 0.488 e. The van der Waals surface area contributed by atoms with Gasteiger partial charge in [0.15, 0.2) is 0 Å². The molecule has 0 saturated carbocycles. The first-order chi connectivity index (χ1) is 11.7. The van der Waals surface area contributed by atoms with Crippen LogP contribution in [0.2, 0.25) is 9.36 Å². The zero-order chi connectivity index (χ0) is 18.2. The number of thiophene rings is 1. The summed E-state index contributed by atoms with van der Waals surface area (Å²) in [7, 11) is -1.72. The fraction of sp³-hybridized carbons (Fsp3) is 0.333. The van der Waals surface area contributed by atoms with E-state index in [1.807, 2.05) is 7.05 Å². The van der Waals surface area contributed by atoms with Crippen LogP contribution in [0.1, 0.15) is 6.42 Å². The number of nitrogens with zero attached hydrogens (tertiary/aromatic N) is 1. The number of halogens is 3. The van der Waals surface area contributed by atoms with Crippen molar-refractivity contribution in [2.75, 3.05) is 24.9 Å². The van der Waals surface area contributed by atoms with Crippen molar-refractivity contribution in [2.45, 2.75) is 16.7 Å². The Morgan fingerprint density at radius 2 is 2.12 bits per heavy atom. The summed E-state index contributed by atoms with van der Waals surface area (Å²) in [6, 6.07) is 6.41. The van der Waals surface area contributed by atoms with Crippen LogP contribution in [0.25, 0.3) is 0 Å². The zero-order valence-corrected chi connectivity index (χ0v) is 17.9. The van der Waals surface area contributed by atoms with Crippen molar-refractivity contribution >= 4 is 66.2 Å². The predicted molar refractivity (Wildman–Crippen MR) is 106 cm³/mol. The van der Waals surface area contributed by atoms with Gasteiger partial charge >= 0.3 is 0 Å². The zero-order valence-electron chi connectivity index (χ0n) is 13.1. The Balaban J connectivity index is 1.79. The number of nitrogens with one attached hydrogen (secondary N) is 1. The monoisotopic (exact) mass is 484 g/mol. The molecule has 2 heterocycles. The minimum Gasteiger partial charge on any atom is -0.488 e. The van der Waals surface area contributed by atoms with E-state index >= 15 is 0 Å². The molecule has 25 heavy (non-hydrogen) atoms. The highest BCUT2D eigenvalue weighted by Crippen LogP contribution is 2.36. The molecule has 2 aromatic rings. The van der Waals surface area contributed by atoms with Crippen molar-refractivity contribution in [1.82, 2.24) is 4.90 Å². The predicted octanol–water partition coefficient (Wildman–Crippen LogP) is 4.70. The Hall–Kier alpha value is -0.510. The molecule has 1 aromatic heterocycles. The van der Waals surface area contributed by atoms with Crippen LogP contribution in [0.5, 0.6) is 5.75 Å². The lowest BCUT2D eigenvalue weighted by Gasteiger charge is -2.16. The number of anilines is 1. The van der Waals surface area contributed by atoms with E-state index in [9.17, 15) is 8.42 Å². The molecule has 5 nitrogen and oxygen atoms in total. The van der Waals surface area contributed by atoms with E-state index in [1.54, 1.807) is 18.2 Å². The molecule has 1 saturated heterocycles. The number of sulfonamides is 1. The van der Waals surface area contributed by atoms with Gasteiger partial charge in [0.05, 0.1) is 15.2 Å². The van der Waals surface area contributed by atoms with Crippen molar-refractivity contribution in [2.24, 2.45) is 0 Å². The van der Waals surface area contributed by atoms with E-state index in [0.29, 0.717) is 11.4 Å². The van der Waals surface area contributed by atoms with Gasteiger partial charge in [-0.1, -0.05) is 23.2 Å². The lowest BCUT2D eigenvalue weighted by Crippen LogP contribution is -2.21. The Bertz CT molecular complexity index is 869. The van der Waals surface area contributed by atoms with Gasteiger partial charge in [0.2, 0.25) is 0 Å². The summed E-state index contributed by atoms with van der Waals surface area (Å²) in [6.07, 6.45) is 1.02. The van der Waals surface area contributed by atoms with Gasteiger partial charge in [0.1, 0.15) is 20.4 Å². The van der Waals surface area contributed by atoms with Gasteiger partial charge in [-0.05, 0) is 47.6 Å². The fourth-order valence-electron chi connectivity index (χ4n) is 2.49. The quantitative estimate of drug-likeness (QED) is 0.666. The summed E-state index contributed by atoms with van der Waals surface area (Å²) in [5.74, 6) is 0.600. The third-order valence-corrected chi connectivity index (χ3v) is 8.09. The van der Waals surface area contributed by atoms with E-state index in [1.165, 1.54) is 6.07 Å². The van der Waals surface area contributed by atoms with E-state index in [-0.39, 0.29) is 19.7 Å². The van der Waals surface area contributed by atoms with Crippen LogP contribution in [0.4, 0.5) is 5.69 Å². The topological polar surface area (TPSA) is 58.6 Å². The number of ether oxygens (including phenoxy) is 1. The van der Waals surface area contributed by atoms with Crippen LogP contribution in [0, 0.1) is 0 Å². The third-order valence-electron chi connectivity index (χ3n) is 3.71. The molecule has 1 aliphatic rings. The Kier molecular flexibility index (Phi) is 5.87. The fourth-order valence-corrected chi connectivity index (χ4v) is 5.76. The normalized spacial score (nSPS) is 18.5. The van der Waals surface area contributed by atoms with Crippen molar-refractivity contribution in [1.29, 1.82) is 0 Å². The smallest absolute Gasteiger partial charge is 0.271 e. The molecule has 0 unspecified atom stereocenters. The number of hydrogen-bond acceptors (Lipinski definition) is 5. The van der Waals surface area contributed by atoms with Gasteiger partial charge in [-0.2, -0.15) is 0 Å². The van der Waals surface area contributed by atoms with Crippen molar-refractivity contribution in [3.05, 3.63) is 38.1 Å². The summed E-state index contributed by atoms with van der Waals surface area (Å²) in [5, 5.41) is 0.220. The minimum atomic E-state index is -3.76. The molecule has 3 rings (SSSR count). The maximum Gasteiger partial charge on any atom is 0.271 e. The first kappa shape index (κ1) is 19.3. The third kappa shape index (κ3) is 4.61. The summed E-state index contributed by atoms with van der Waals surface area (Å²) in [6.45, 7) is 1.82. The van der Waals surface area contributed by atoms with Gasteiger partial charge in [-0.15, -0.1) is 11.3 Å². The highest BCUT2D eigenvalue weighted by atomic mass is 79.9. The molecular weight excluding hydrogens is 471 g/mol. The standard InChI is InChI=1S/C15H15BrCl2N2O3S2/c1-20-5-4-10(8-20)23-13-6-9(2-3-11(13)16)19-25(21,22)14-7-12(17)15(18)24-14/h2-3,6-7,10,19H,4-5,8H2,1H3/t10-/m1/s1. The van der Waals surface area contributed by atoms with Crippen molar-refractivity contribution in [3.8, 4) is 5.75 Å². The van der Waals surface area contributed by atoms with Gasteiger partial charge < -0.3 is 9.64 Å². The lowest BCUT2D eigenvalue weighted by molar-refractivity contribution is 0.207. The average Bonchev–Trinajstić information content (AvgIpc) is 3.09. The second-order valence-electron chi connectivity index (χ2n) is 5.73. The maximum atomic E-state index is 12.5. The number of hydrogen-bond donors (Lipinski definition) is 1. The molecule has 1 N–H and O–H groups in total. The molecule has 1 atom stereocenters. The molecule has 0 amide bonds. The first-order valence-corrected chi connectivity index (χ1v) is 11.2. The Morgan fingerprint density at radius 1 is 1.36 bits per heavy atom. The highest BCUT2D eigenvalue weighted by Gasteiger charge is 2.23. The highest BCUT2D eigenvalue weighted by molar-refractivity contribution is 9.10. The van der Waals surface area contributed by atoms with Crippen molar-refractivity contribution in [3.63, 3.8) is 0 Å². The Morgan fingerprint density at radius 3 is 2.72 bits per heavy atom. The Labute approximate surface area is 169 Å². The molecule has 1 fully saturated rings. The molecule has 1 aromatic carbocycles. The first-order valence-electron chi connectivity index (χ1n) is 7.37. The molecule has 0 radical (unpaired) electrons. The summed E-state index contributed by atoms with van der Waals surface area (Å²) in [4.78, 5) is 2.19. The van der Waals surface area contributed by atoms with Crippen LogP contribution < -0.4 is 9.46 Å². The number of rotatable bonds is 5.